The molecule has 9 heteroatoms. The Morgan fingerprint density at radius 1 is 1.06 bits per heavy atom. The standard InChI is InChI=1S/C22H22N4O3S2/c1-26(2)18(19-7-5-13-30-19)14-23-22(27)15-9-11-16(12-10-15)24-21-17-6-3-4-8-20(17)31(28,29)25-21/h3-13,18H,14H2,1-2H3,(H,23,27)(H,24,25). The number of benzene rings is 2. The second-order valence-corrected chi connectivity index (χ2v) is 9.87. The lowest BCUT2D eigenvalue weighted by Crippen LogP contribution is -2.34. The molecule has 1 unspecified atom stereocenters. The number of likely N-dealkylation sites (N-methyl/N-ethyl adjacent to an activating group) is 1. The minimum absolute atomic E-state index is 0.104. The highest BCUT2D eigenvalue weighted by molar-refractivity contribution is 7.90. The van der Waals surface area contributed by atoms with Crippen molar-refractivity contribution < 1.29 is 13.2 Å². The summed E-state index contributed by atoms with van der Waals surface area (Å²) in [6.07, 6.45) is 0. The van der Waals surface area contributed by atoms with Gasteiger partial charge in [0.1, 0.15) is 4.90 Å². The maximum atomic E-state index is 12.6. The van der Waals surface area contributed by atoms with Crippen LogP contribution in [0.3, 0.4) is 0 Å². The fourth-order valence-electron chi connectivity index (χ4n) is 3.35. The molecule has 4 rings (SSSR count). The summed E-state index contributed by atoms with van der Waals surface area (Å²) in [5.41, 5.74) is 1.70. The molecule has 1 atom stereocenters. The molecule has 0 fully saturated rings. The molecule has 31 heavy (non-hydrogen) atoms. The van der Waals surface area contributed by atoms with E-state index in [1.54, 1.807) is 53.8 Å². The molecule has 0 bridgehead atoms. The number of hydrogen-bond acceptors (Lipinski definition) is 6. The van der Waals surface area contributed by atoms with Crippen LogP contribution in [0.15, 0.2) is 75.3 Å². The van der Waals surface area contributed by atoms with Gasteiger partial charge in [0.05, 0.1) is 6.04 Å². The number of amides is 1. The van der Waals surface area contributed by atoms with Crippen LogP contribution in [0, 0.1) is 0 Å². The number of nitrogens with one attached hydrogen (secondary N) is 2. The van der Waals surface area contributed by atoms with Crippen LogP contribution in [0.1, 0.15) is 26.8 Å². The van der Waals surface area contributed by atoms with Crippen molar-refractivity contribution in [3.63, 3.8) is 0 Å². The van der Waals surface area contributed by atoms with E-state index in [0.717, 1.165) is 0 Å². The van der Waals surface area contributed by atoms with E-state index in [0.29, 0.717) is 23.4 Å². The predicted octanol–water partition coefficient (Wildman–Crippen LogP) is 3.34. The molecular weight excluding hydrogens is 432 g/mol. The summed E-state index contributed by atoms with van der Waals surface area (Å²) in [4.78, 5) is 16.1. The Hall–Kier alpha value is -3.01. The summed E-state index contributed by atoms with van der Waals surface area (Å²) in [7, 11) is 0.295. The fraction of sp³-hybridized carbons (Fsp3) is 0.182. The van der Waals surface area contributed by atoms with Crippen molar-refractivity contribution in [3.8, 4) is 0 Å². The van der Waals surface area contributed by atoms with Crippen molar-refractivity contribution in [2.75, 3.05) is 26.0 Å². The number of thiophene rings is 1. The van der Waals surface area contributed by atoms with Gasteiger partial charge in [-0.1, -0.05) is 18.2 Å². The Labute approximate surface area is 185 Å². The summed E-state index contributed by atoms with van der Waals surface area (Å²) in [5.74, 6) is 0.110. The molecule has 0 aliphatic carbocycles. The number of carbonyl (C=O) groups excluding carboxylic acids is 1. The van der Waals surface area contributed by atoms with E-state index in [-0.39, 0.29) is 22.7 Å². The quantitative estimate of drug-likeness (QED) is 0.596. The van der Waals surface area contributed by atoms with Gasteiger partial charge < -0.3 is 15.5 Å². The van der Waals surface area contributed by atoms with Gasteiger partial charge in [-0.2, -0.15) is 8.42 Å². The zero-order valence-electron chi connectivity index (χ0n) is 17.1. The van der Waals surface area contributed by atoms with Crippen LogP contribution in [0.5, 0.6) is 0 Å². The Morgan fingerprint density at radius 2 is 1.81 bits per heavy atom. The van der Waals surface area contributed by atoms with Crippen molar-refractivity contribution in [1.82, 2.24) is 10.2 Å². The lowest BCUT2D eigenvalue weighted by Gasteiger charge is -2.23. The van der Waals surface area contributed by atoms with E-state index >= 15 is 0 Å². The Bertz CT molecular complexity index is 1220. The van der Waals surface area contributed by atoms with E-state index < -0.39 is 10.0 Å². The van der Waals surface area contributed by atoms with E-state index in [2.05, 4.69) is 26.0 Å². The molecule has 1 aromatic heterocycles. The molecule has 3 aromatic rings. The number of rotatable bonds is 6. The number of sulfonamides is 1. The molecule has 1 amide bonds. The smallest absolute Gasteiger partial charge is 0.285 e. The minimum Gasteiger partial charge on any atom is -0.350 e. The van der Waals surface area contributed by atoms with Crippen molar-refractivity contribution in [1.29, 1.82) is 0 Å². The van der Waals surface area contributed by atoms with Crippen LogP contribution >= 0.6 is 11.3 Å². The highest BCUT2D eigenvalue weighted by Crippen LogP contribution is 2.27. The molecule has 7 nitrogen and oxygen atoms in total. The van der Waals surface area contributed by atoms with E-state index in [1.165, 1.54) is 10.9 Å². The van der Waals surface area contributed by atoms with Gasteiger partial charge >= 0.3 is 0 Å². The van der Waals surface area contributed by atoms with Gasteiger partial charge in [0.25, 0.3) is 15.9 Å². The molecule has 2 heterocycles. The second-order valence-electron chi connectivity index (χ2n) is 7.32. The van der Waals surface area contributed by atoms with Crippen LogP contribution < -0.4 is 10.6 Å². The van der Waals surface area contributed by atoms with Crippen LogP contribution in [-0.4, -0.2) is 45.7 Å². The number of carbonyl (C=O) groups is 1. The number of nitrogens with zero attached hydrogens (tertiary/aromatic N) is 2. The highest BCUT2D eigenvalue weighted by atomic mass is 32.2. The molecule has 1 aliphatic rings. The maximum absolute atomic E-state index is 12.6. The van der Waals surface area contributed by atoms with Gasteiger partial charge in [-0.25, -0.2) is 0 Å². The third-order valence-electron chi connectivity index (χ3n) is 4.99. The third kappa shape index (κ3) is 4.53. The first-order valence-corrected chi connectivity index (χ1v) is 12.0. The third-order valence-corrected chi connectivity index (χ3v) is 7.30. The summed E-state index contributed by atoms with van der Waals surface area (Å²) in [5, 5.41) is 8.05. The van der Waals surface area contributed by atoms with Crippen molar-refractivity contribution in [2.24, 2.45) is 4.40 Å². The van der Waals surface area contributed by atoms with Crippen LogP contribution in [0.25, 0.3) is 0 Å². The lowest BCUT2D eigenvalue weighted by molar-refractivity contribution is 0.0942. The maximum Gasteiger partial charge on any atom is 0.285 e. The lowest BCUT2D eigenvalue weighted by atomic mass is 10.1. The van der Waals surface area contributed by atoms with Gasteiger partial charge in [0, 0.05) is 28.2 Å². The molecule has 0 radical (unpaired) electrons. The van der Waals surface area contributed by atoms with Gasteiger partial charge in [-0.3, -0.25) is 4.79 Å². The fourth-order valence-corrected chi connectivity index (χ4v) is 5.45. The Kier molecular flexibility index (Phi) is 5.90. The van der Waals surface area contributed by atoms with Gasteiger partial charge in [-0.05, 0) is 61.9 Å². The predicted molar refractivity (Wildman–Crippen MR) is 123 cm³/mol. The summed E-state index contributed by atoms with van der Waals surface area (Å²) < 4.78 is 28.2. The molecule has 0 saturated heterocycles. The van der Waals surface area contributed by atoms with Crippen LogP contribution in [0.2, 0.25) is 0 Å². The Morgan fingerprint density at radius 3 is 2.48 bits per heavy atom. The summed E-state index contributed by atoms with van der Waals surface area (Å²) in [6, 6.07) is 17.7. The number of fused-ring (bicyclic) bond motifs is 1. The van der Waals surface area contributed by atoms with E-state index in [4.69, 9.17) is 0 Å². The minimum atomic E-state index is -3.68. The summed E-state index contributed by atoms with van der Waals surface area (Å²) >= 11 is 1.66. The number of anilines is 1. The summed E-state index contributed by atoms with van der Waals surface area (Å²) in [6.45, 7) is 0.498. The molecule has 160 valence electrons. The van der Waals surface area contributed by atoms with Crippen LogP contribution in [-0.2, 0) is 10.0 Å². The molecule has 2 N–H and O–H groups in total. The molecule has 0 saturated carbocycles. The second kappa shape index (κ2) is 8.62. The Balaban J connectivity index is 1.42. The number of hydrogen-bond donors (Lipinski definition) is 2. The van der Waals surface area contributed by atoms with Crippen molar-refractivity contribution in [2.45, 2.75) is 10.9 Å². The average Bonchev–Trinajstić information content (AvgIpc) is 3.35. The van der Waals surface area contributed by atoms with Crippen molar-refractivity contribution >= 4 is 38.8 Å². The zero-order valence-corrected chi connectivity index (χ0v) is 18.7. The first-order valence-electron chi connectivity index (χ1n) is 9.64. The molecule has 1 aliphatic heterocycles. The molecule has 2 aromatic carbocycles. The SMILES string of the molecule is CN(C)C(CNC(=O)c1ccc(NC2=NS(=O)(=O)c3ccccc32)cc1)c1cccs1. The normalized spacial score (nSPS) is 15.3. The largest absolute Gasteiger partial charge is 0.350 e. The van der Waals surface area contributed by atoms with Gasteiger partial charge in [0.2, 0.25) is 0 Å². The molecule has 0 spiro atoms. The van der Waals surface area contributed by atoms with Gasteiger partial charge in [0.15, 0.2) is 5.84 Å². The first-order chi connectivity index (χ1) is 14.8. The van der Waals surface area contributed by atoms with Crippen molar-refractivity contribution in [3.05, 3.63) is 82.0 Å². The van der Waals surface area contributed by atoms with Gasteiger partial charge in [-0.15, -0.1) is 15.7 Å². The topological polar surface area (TPSA) is 90.9 Å². The highest BCUT2D eigenvalue weighted by Gasteiger charge is 2.28. The van der Waals surface area contributed by atoms with Crippen LogP contribution in [0.4, 0.5) is 5.69 Å². The first kappa shape index (κ1) is 21.2. The van der Waals surface area contributed by atoms with E-state index in [9.17, 15) is 13.2 Å². The number of amidine groups is 1. The monoisotopic (exact) mass is 454 g/mol. The molecular formula is C22H22N4O3S2. The van der Waals surface area contributed by atoms with E-state index in [1.807, 2.05) is 25.5 Å². The average molecular weight is 455 g/mol. The zero-order chi connectivity index (χ0) is 22.0.